The van der Waals surface area contributed by atoms with Gasteiger partial charge in [0.1, 0.15) is 0 Å². The molecule has 3 rings (SSSR count). The topological polar surface area (TPSA) is 69.2 Å². The van der Waals surface area contributed by atoms with Gasteiger partial charge in [-0.3, -0.25) is 9.89 Å². The maximum absolute atomic E-state index is 12.8. The number of carbonyl (C=O) groups excluding carboxylic acids is 1. The molecular formula is C17H23N3O2. The van der Waals surface area contributed by atoms with Gasteiger partial charge in [0.25, 0.3) is 5.91 Å². The molecule has 1 aliphatic heterocycles. The van der Waals surface area contributed by atoms with Gasteiger partial charge in [0.05, 0.1) is 18.3 Å². The summed E-state index contributed by atoms with van der Waals surface area (Å²) < 4.78 is 0. The Kier molecular flexibility index (Phi) is 3.91. The number of likely N-dealkylation sites (tertiary alicyclic amines) is 1. The Morgan fingerprint density at radius 3 is 3.05 bits per heavy atom. The largest absolute Gasteiger partial charge is 0.396 e. The van der Waals surface area contributed by atoms with Gasteiger partial charge in [0.15, 0.2) is 0 Å². The first-order chi connectivity index (χ1) is 10.6. The van der Waals surface area contributed by atoms with E-state index in [1.54, 1.807) is 6.20 Å². The third-order valence-corrected chi connectivity index (χ3v) is 5.12. The van der Waals surface area contributed by atoms with Crippen LogP contribution in [-0.4, -0.2) is 45.8 Å². The van der Waals surface area contributed by atoms with E-state index in [9.17, 15) is 9.90 Å². The Balaban J connectivity index is 1.84. The molecule has 2 N–H and O–H groups in total. The van der Waals surface area contributed by atoms with Crippen molar-refractivity contribution < 1.29 is 9.90 Å². The molecule has 1 unspecified atom stereocenters. The van der Waals surface area contributed by atoms with E-state index in [2.05, 4.69) is 24.0 Å². The normalized spacial score (nSPS) is 22.5. The first kappa shape index (κ1) is 15.0. The van der Waals surface area contributed by atoms with Gasteiger partial charge < -0.3 is 10.0 Å². The van der Waals surface area contributed by atoms with E-state index in [1.807, 2.05) is 23.1 Å². The van der Waals surface area contributed by atoms with Crippen LogP contribution < -0.4 is 0 Å². The summed E-state index contributed by atoms with van der Waals surface area (Å²) in [5.74, 6) is 0.394. The minimum Gasteiger partial charge on any atom is -0.396 e. The van der Waals surface area contributed by atoms with Gasteiger partial charge in [-0.15, -0.1) is 0 Å². The van der Waals surface area contributed by atoms with E-state index in [0.717, 1.165) is 30.3 Å². The Morgan fingerprint density at radius 1 is 1.50 bits per heavy atom. The molecule has 22 heavy (non-hydrogen) atoms. The number of fused-ring (bicyclic) bond motifs is 1. The third kappa shape index (κ3) is 2.50. The zero-order chi connectivity index (χ0) is 15.7. The van der Waals surface area contributed by atoms with Crippen LogP contribution in [0.3, 0.4) is 0 Å². The number of rotatable bonds is 3. The number of nitrogens with zero attached hydrogens (tertiary/aromatic N) is 2. The number of nitrogens with one attached hydrogen (secondary N) is 1. The third-order valence-electron chi connectivity index (χ3n) is 5.12. The fourth-order valence-electron chi connectivity index (χ4n) is 3.37. The molecule has 1 aliphatic rings. The summed E-state index contributed by atoms with van der Waals surface area (Å²) >= 11 is 0. The van der Waals surface area contributed by atoms with Gasteiger partial charge in [-0.25, -0.2) is 0 Å². The zero-order valence-electron chi connectivity index (χ0n) is 13.2. The first-order valence-electron chi connectivity index (χ1n) is 7.89. The number of carbonyl (C=O) groups is 1. The smallest absolute Gasteiger partial charge is 0.253 e. The lowest BCUT2D eigenvalue weighted by Gasteiger charge is -2.44. The maximum atomic E-state index is 12.8. The molecule has 0 spiro atoms. The van der Waals surface area contributed by atoms with Gasteiger partial charge in [0, 0.05) is 29.5 Å². The lowest BCUT2D eigenvalue weighted by Crippen LogP contribution is -2.50. The number of H-pyrrole nitrogens is 1. The predicted molar refractivity (Wildman–Crippen MR) is 85.6 cm³/mol. The number of aliphatic hydroxyl groups excluding tert-OH is 1. The first-order valence-corrected chi connectivity index (χ1v) is 7.89. The summed E-state index contributed by atoms with van der Waals surface area (Å²) in [6, 6.07) is 5.61. The Hall–Kier alpha value is -1.88. The van der Waals surface area contributed by atoms with Crippen LogP contribution in [0.25, 0.3) is 10.9 Å². The quantitative estimate of drug-likeness (QED) is 0.915. The molecule has 5 heteroatoms. The van der Waals surface area contributed by atoms with Gasteiger partial charge in [-0.2, -0.15) is 5.10 Å². The fraction of sp³-hybridized carbons (Fsp3) is 0.529. The number of hydrogen-bond acceptors (Lipinski definition) is 3. The summed E-state index contributed by atoms with van der Waals surface area (Å²) in [4.78, 5) is 14.7. The highest BCUT2D eigenvalue weighted by Crippen LogP contribution is 2.37. The average Bonchev–Trinajstić information content (AvgIpc) is 3.01. The number of amides is 1. The molecule has 1 aromatic carbocycles. The van der Waals surface area contributed by atoms with Gasteiger partial charge >= 0.3 is 0 Å². The molecule has 0 saturated carbocycles. The van der Waals surface area contributed by atoms with Crippen LogP contribution in [0.15, 0.2) is 24.4 Å². The van der Waals surface area contributed by atoms with Crippen molar-refractivity contribution in [2.24, 2.45) is 11.3 Å². The number of aromatic nitrogens is 2. The van der Waals surface area contributed by atoms with Crippen molar-refractivity contribution in [1.82, 2.24) is 15.1 Å². The number of aromatic amines is 1. The van der Waals surface area contributed by atoms with E-state index < -0.39 is 0 Å². The van der Waals surface area contributed by atoms with Crippen molar-refractivity contribution in [2.45, 2.75) is 26.7 Å². The SMILES string of the molecule is CC(C)C1(CO)CCCN(C(=O)c2ccc3[nH]ncc3c2)C1. The zero-order valence-corrected chi connectivity index (χ0v) is 13.2. The van der Waals surface area contributed by atoms with Crippen molar-refractivity contribution in [1.29, 1.82) is 0 Å². The fourth-order valence-corrected chi connectivity index (χ4v) is 3.37. The lowest BCUT2D eigenvalue weighted by molar-refractivity contribution is 0.000706. The highest BCUT2D eigenvalue weighted by molar-refractivity contribution is 5.97. The Labute approximate surface area is 130 Å². The Bertz CT molecular complexity index is 679. The number of aliphatic hydroxyl groups is 1. The summed E-state index contributed by atoms with van der Waals surface area (Å²) in [5.41, 5.74) is 1.45. The molecule has 1 amide bonds. The van der Waals surface area contributed by atoms with Crippen LogP contribution in [0.2, 0.25) is 0 Å². The van der Waals surface area contributed by atoms with E-state index in [1.165, 1.54) is 0 Å². The van der Waals surface area contributed by atoms with Crippen LogP contribution in [0.5, 0.6) is 0 Å². The molecule has 1 aromatic heterocycles. The standard InChI is InChI=1S/C17H23N3O2/c1-12(2)17(11-21)6-3-7-20(10-17)16(22)13-4-5-15-14(8-13)9-18-19-15/h4-5,8-9,12,21H,3,6-7,10-11H2,1-2H3,(H,18,19). The number of hydrogen-bond donors (Lipinski definition) is 2. The van der Waals surface area contributed by atoms with Gasteiger partial charge in [-0.1, -0.05) is 13.8 Å². The number of benzene rings is 1. The molecule has 0 aliphatic carbocycles. The molecule has 5 nitrogen and oxygen atoms in total. The minimum absolute atomic E-state index is 0.0428. The summed E-state index contributed by atoms with van der Waals surface area (Å²) in [5, 5.41) is 17.7. The monoisotopic (exact) mass is 301 g/mol. The highest BCUT2D eigenvalue weighted by Gasteiger charge is 2.39. The van der Waals surface area contributed by atoms with Crippen molar-refractivity contribution in [3.05, 3.63) is 30.0 Å². The van der Waals surface area contributed by atoms with Crippen molar-refractivity contribution in [2.75, 3.05) is 19.7 Å². The van der Waals surface area contributed by atoms with E-state index in [-0.39, 0.29) is 17.9 Å². The van der Waals surface area contributed by atoms with E-state index in [4.69, 9.17) is 0 Å². The van der Waals surface area contributed by atoms with Crippen molar-refractivity contribution >= 4 is 16.8 Å². The molecular weight excluding hydrogens is 278 g/mol. The van der Waals surface area contributed by atoms with Gasteiger partial charge in [0.2, 0.25) is 0 Å². The van der Waals surface area contributed by atoms with Crippen LogP contribution in [0.1, 0.15) is 37.0 Å². The van der Waals surface area contributed by atoms with Crippen molar-refractivity contribution in [3.63, 3.8) is 0 Å². The molecule has 1 saturated heterocycles. The van der Waals surface area contributed by atoms with Crippen LogP contribution in [0, 0.1) is 11.3 Å². The maximum Gasteiger partial charge on any atom is 0.253 e. The van der Waals surface area contributed by atoms with E-state index >= 15 is 0 Å². The molecule has 1 atom stereocenters. The lowest BCUT2D eigenvalue weighted by atomic mass is 9.72. The molecule has 118 valence electrons. The van der Waals surface area contributed by atoms with E-state index in [0.29, 0.717) is 18.0 Å². The molecule has 1 fully saturated rings. The summed E-state index contributed by atoms with van der Waals surface area (Å²) in [6.07, 6.45) is 3.65. The number of piperidine rings is 1. The van der Waals surface area contributed by atoms with Crippen LogP contribution in [0.4, 0.5) is 0 Å². The van der Waals surface area contributed by atoms with Gasteiger partial charge in [-0.05, 0) is 37.0 Å². The molecule has 0 radical (unpaired) electrons. The minimum atomic E-state index is -0.173. The Morgan fingerprint density at radius 2 is 2.32 bits per heavy atom. The molecule has 2 heterocycles. The van der Waals surface area contributed by atoms with Crippen LogP contribution in [-0.2, 0) is 0 Å². The highest BCUT2D eigenvalue weighted by atomic mass is 16.3. The molecule has 0 bridgehead atoms. The molecule has 2 aromatic rings. The predicted octanol–water partition coefficient (Wildman–Crippen LogP) is 2.43. The average molecular weight is 301 g/mol. The second-order valence-electron chi connectivity index (χ2n) is 6.68. The van der Waals surface area contributed by atoms with Crippen LogP contribution >= 0.6 is 0 Å². The van der Waals surface area contributed by atoms with Crippen molar-refractivity contribution in [3.8, 4) is 0 Å². The summed E-state index contributed by atoms with van der Waals surface area (Å²) in [7, 11) is 0. The second-order valence-corrected chi connectivity index (χ2v) is 6.68. The summed E-state index contributed by atoms with van der Waals surface area (Å²) in [6.45, 7) is 5.78. The second kappa shape index (κ2) is 5.72.